The molecule has 1 aliphatic heterocycles. The molecule has 0 radical (unpaired) electrons. The number of ether oxygens (including phenoxy) is 1. The number of halogens is 1. The lowest BCUT2D eigenvalue weighted by molar-refractivity contribution is -0.159. The smallest absolute Gasteiger partial charge is 0.329 e. The summed E-state index contributed by atoms with van der Waals surface area (Å²) in [4.78, 5) is 23.7. The van der Waals surface area contributed by atoms with Gasteiger partial charge in [-0.3, -0.25) is 0 Å². The first-order valence-corrected chi connectivity index (χ1v) is 6.05. The van der Waals surface area contributed by atoms with Crippen LogP contribution in [-0.4, -0.2) is 47.3 Å². The lowest BCUT2D eigenvalue weighted by Crippen LogP contribution is -2.64. The van der Waals surface area contributed by atoms with Gasteiger partial charge in [-0.1, -0.05) is 6.07 Å². The molecule has 0 unspecified atom stereocenters. The Morgan fingerprint density at radius 3 is 2.80 bits per heavy atom. The maximum absolute atomic E-state index is 13.0. The van der Waals surface area contributed by atoms with Gasteiger partial charge in [0.05, 0.1) is 13.1 Å². The van der Waals surface area contributed by atoms with Crippen LogP contribution in [0.1, 0.15) is 6.92 Å². The molecule has 20 heavy (non-hydrogen) atoms. The van der Waals surface area contributed by atoms with E-state index in [1.54, 1.807) is 13.0 Å². The molecule has 0 aromatic heterocycles. The molecule has 2 N–H and O–H groups in total. The third-order valence-electron chi connectivity index (χ3n) is 2.96. The monoisotopic (exact) mass is 282 g/mol. The summed E-state index contributed by atoms with van der Waals surface area (Å²) in [5.74, 6) is -1.48. The quantitative estimate of drug-likeness (QED) is 0.878. The SMILES string of the molecule is CC1(OCC(=O)O)CN(C(=O)Nc2cccc(F)c2)C1. The van der Waals surface area contributed by atoms with Crippen LogP contribution in [0.3, 0.4) is 0 Å². The van der Waals surface area contributed by atoms with Crippen LogP contribution >= 0.6 is 0 Å². The Balaban J connectivity index is 1.83. The van der Waals surface area contributed by atoms with E-state index < -0.39 is 24.0 Å². The number of hydrogen-bond acceptors (Lipinski definition) is 3. The fourth-order valence-corrected chi connectivity index (χ4v) is 2.00. The fraction of sp³-hybridized carbons (Fsp3) is 0.385. The van der Waals surface area contributed by atoms with Crippen molar-refractivity contribution in [3.05, 3.63) is 30.1 Å². The molecule has 1 fully saturated rings. The number of likely N-dealkylation sites (tertiary alicyclic amines) is 1. The van der Waals surface area contributed by atoms with Gasteiger partial charge in [0.2, 0.25) is 0 Å². The van der Waals surface area contributed by atoms with Crippen LogP contribution in [0.25, 0.3) is 0 Å². The average Bonchev–Trinajstić information content (AvgIpc) is 2.33. The van der Waals surface area contributed by atoms with Gasteiger partial charge in [0.15, 0.2) is 0 Å². The zero-order chi connectivity index (χ0) is 14.8. The number of anilines is 1. The minimum atomic E-state index is -1.05. The summed E-state index contributed by atoms with van der Waals surface area (Å²) >= 11 is 0. The second-order valence-corrected chi connectivity index (χ2v) is 4.93. The second-order valence-electron chi connectivity index (χ2n) is 4.93. The van der Waals surface area contributed by atoms with E-state index >= 15 is 0 Å². The summed E-state index contributed by atoms with van der Waals surface area (Å²) in [6.07, 6.45) is 0. The van der Waals surface area contributed by atoms with Crippen molar-refractivity contribution >= 4 is 17.7 Å². The molecule has 6 nitrogen and oxygen atoms in total. The van der Waals surface area contributed by atoms with E-state index in [-0.39, 0.29) is 6.03 Å². The van der Waals surface area contributed by atoms with Crippen molar-refractivity contribution in [2.75, 3.05) is 25.0 Å². The molecule has 108 valence electrons. The zero-order valence-electron chi connectivity index (χ0n) is 10.9. The van der Waals surface area contributed by atoms with Gasteiger partial charge in [-0.2, -0.15) is 0 Å². The van der Waals surface area contributed by atoms with Crippen LogP contribution in [0, 0.1) is 5.82 Å². The largest absolute Gasteiger partial charge is 0.480 e. The van der Waals surface area contributed by atoms with E-state index in [4.69, 9.17) is 9.84 Å². The van der Waals surface area contributed by atoms with E-state index in [0.717, 1.165) is 0 Å². The Bertz CT molecular complexity index is 529. The predicted molar refractivity (Wildman–Crippen MR) is 69.0 cm³/mol. The van der Waals surface area contributed by atoms with Gasteiger partial charge in [0.1, 0.15) is 18.0 Å². The van der Waals surface area contributed by atoms with Crippen molar-refractivity contribution in [3.63, 3.8) is 0 Å². The molecule has 2 rings (SSSR count). The topological polar surface area (TPSA) is 78.9 Å². The maximum Gasteiger partial charge on any atom is 0.329 e. The van der Waals surface area contributed by atoms with E-state index in [2.05, 4.69) is 5.32 Å². The number of benzene rings is 1. The van der Waals surface area contributed by atoms with E-state index in [0.29, 0.717) is 18.8 Å². The average molecular weight is 282 g/mol. The third kappa shape index (κ3) is 3.45. The molecular weight excluding hydrogens is 267 g/mol. The highest BCUT2D eigenvalue weighted by Crippen LogP contribution is 2.25. The Morgan fingerprint density at radius 1 is 1.50 bits per heavy atom. The summed E-state index contributed by atoms with van der Waals surface area (Å²) < 4.78 is 18.2. The van der Waals surface area contributed by atoms with Crippen LogP contribution in [0.2, 0.25) is 0 Å². The molecule has 7 heteroatoms. The Hall–Kier alpha value is -2.15. The lowest BCUT2D eigenvalue weighted by Gasteiger charge is -2.46. The van der Waals surface area contributed by atoms with Crippen molar-refractivity contribution in [2.45, 2.75) is 12.5 Å². The summed E-state index contributed by atoms with van der Waals surface area (Å²) in [6.45, 7) is 1.93. The Kier molecular flexibility index (Phi) is 3.89. The molecule has 2 amide bonds. The molecule has 0 saturated carbocycles. The Labute approximate surface area is 115 Å². The van der Waals surface area contributed by atoms with E-state index in [9.17, 15) is 14.0 Å². The highest BCUT2D eigenvalue weighted by molar-refractivity contribution is 5.90. The normalized spacial score (nSPS) is 16.4. The molecule has 0 atom stereocenters. The summed E-state index contributed by atoms with van der Waals surface area (Å²) in [7, 11) is 0. The molecular formula is C13H15FN2O4. The van der Waals surface area contributed by atoms with E-state index in [1.807, 2.05) is 0 Å². The number of amides is 2. The number of urea groups is 1. The zero-order valence-corrected chi connectivity index (χ0v) is 10.9. The van der Waals surface area contributed by atoms with Crippen molar-refractivity contribution in [3.8, 4) is 0 Å². The summed E-state index contributed by atoms with van der Waals surface area (Å²) in [5.41, 5.74) is -0.271. The third-order valence-corrected chi connectivity index (χ3v) is 2.96. The number of nitrogens with one attached hydrogen (secondary N) is 1. The van der Waals surface area contributed by atoms with Gasteiger partial charge in [0, 0.05) is 5.69 Å². The molecule has 1 aromatic rings. The maximum atomic E-state index is 13.0. The Morgan fingerprint density at radius 2 is 2.20 bits per heavy atom. The van der Waals surface area contributed by atoms with Gasteiger partial charge in [-0.05, 0) is 25.1 Å². The first kappa shape index (κ1) is 14.3. The van der Waals surface area contributed by atoms with Crippen molar-refractivity contribution < 1.29 is 23.8 Å². The van der Waals surface area contributed by atoms with Gasteiger partial charge in [-0.15, -0.1) is 0 Å². The number of hydrogen-bond donors (Lipinski definition) is 2. The summed E-state index contributed by atoms with van der Waals surface area (Å²) in [6, 6.07) is 5.22. The number of nitrogens with zero attached hydrogens (tertiary/aromatic N) is 1. The van der Waals surface area contributed by atoms with Gasteiger partial charge in [0.25, 0.3) is 0 Å². The number of carboxylic acid groups (broad SMARTS) is 1. The highest BCUT2D eigenvalue weighted by Gasteiger charge is 2.42. The van der Waals surface area contributed by atoms with Crippen molar-refractivity contribution in [1.82, 2.24) is 4.90 Å². The predicted octanol–water partition coefficient (Wildman–Crippen LogP) is 1.53. The first-order chi connectivity index (χ1) is 9.38. The van der Waals surface area contributed by atoms with Crippen molar-refractivity contribution in [1.29, 1.82) is 0 Å². The summed E-state index contributed by atoms with van der Waals surface area (Å²) in [5, 5.41) is 11.1. The van der Waals surface area contributed by atoms with Gasteiger partial charge in [-0.25, -0.2) is 14.0 Å². The molecule has 0 aliphatic carbocycles. The fourth-order valence-electron chi connectivity index (χ4n) is 2.00. The molecule has 0 spiro atoms. The molecule has 1 saturated heterocycles. The van der Waals surface area contributed by atoms with E-state index in [1.165, 1.54) is 23.1 Å². The van der Waals surface area contributed by atoms with Gasteiger partial charge >= 0.3 is 12.0 Å². The standard InChI is InChI=1S/C13H15FN2O4/c1-13(20-6-11(17)18)7-16(8-13)12(19)15-10-4-2-3-9(14)5-10/h2-5H,6-8H2,1H3,(H,15,19)(H,17,18). The van der Waals surface area contributed by atoms with Crippen LogP contribution < -0.4 is 5.32 Å². The number of carbonyl (C=O) groups is 2. The number of carboxylic acids is 1. The number of aliphatic carboxylic acids is 1. The van der Waals surface area contributed by atoms with Crippen LogP contribution in [0.15, 0.2) is 24.3 Å². The molecule has 1 aromatic carbocycles. The number of rotatable bonds is 4. The molecule has 0 bridgehead atoms. The minimum Gasteiger partial charge on any atom is -0.480 e. The van der Waals surface area contributed by atoms with Crippen molar-refractivity contribution in [2.24, 2.45) is 0 Å². The second kappa shape index (κ2) is 5.46. The first-order valence-electron chi connectivity index (χ1n) is 6.05. The molecule has 1 heterocycles. The minimum absolute atomic E-state index is 0.293. The highest BCUT2D eigenvalue weighted by atomic mass is 19.1. The van der Waals surface area contributed by atoms with Crippen LogP contribution in [-0.2, 0) is 9.53 Å². The van der Waals surface area contributed by atoms with Crippen LogP contribution in [0.5, 0.6) is 0 Å². The lowest BCUT2D eigenvalue weighted by atomic mass is 9.97. The van der Waals surface area contributed by atoms with Crippen LogP contribution in [0.4, 0.5) is 14.9 Å². The molecule has 1 aliphatic rings. The van der Waals surface area contributed by atoms with Gasteiger partial charge < -0.3 is 20.1 Å². The number of carbonyl (C=O) groups excluding carboxylic acids is 1.